The predicted molar refractivity (Wildman–Crippen MR) is 74.3 cm³/mol. The molecule has 7 nitrogen and oxygen atoms in total. The van der Waals surface area contributed by atoms with E-state index in [2.05, 4.69) is 20.9 Å². The predicted octanol–water partition coefficient (Wildman–Crippen LogP) is 2.50. The van der Waals surface area contributed by atoms with Crippen molar-refractivity contribution in [2.75, 3.05) is 0 Å². The average Bonchev–Trinajstić information content (AvgIpc) is 2.80. The van der Waals surface area contributed by atoms with Crippen molar-refractivity contribution in [3.05, 3.63) is 40.1 Å². The van der Waals surface area contributed by atoms with Gasteiger partial charge in [-0.1, -0.05) is 28.1 Å². The van der Waals surface area contributed by atoms with Crippen LogP contribution in [0.5, 0.6) is 0 Å². The van der Waals surface area contributed by atoms with Gasteiger partial charge in [0.05, 0.1) is 16.2 Å². The summed E-state index contributed by atoms with van der Waals surface area (Å²) in [5, 5.41) is 20.0. The molecule has 0 saturated heterocycles. The van der Waals surface area contributed by atoms with Gasteiger partial charge < -0.3 is 10.1 Å². The van der Waals surface area contributed by atoms with Crippen LogP contribution >= 0.6 is 15.9 Å². The first kappa shape index (κ1) is 14.2. The van der Waals surface area contributed by atoms with Crippen molar-refractivity contribution in [2.24, 2.45) is 0 Å². The highest BCUT2D eigenvalue weighted by Gasteiger charge is 2.24. The topological polar surface area (TPSA) is 113 Å². The number of non-ortho nitro benzene ring substituents is 1. The minimum absolute atomic E-state index is 0.133. The second-order valence-electron chi connectivity index (χ2n) is 4.09. The Balaban J connectivity index is 2.46. The fourth-order valence-electron chi connectivity index (χ4n) is 1.91. The summed E-state index contributed by atoms with van der Waals surface area (Å²) < 4.78 is 0. The summed E-state index contributed by atoms with van der Waals surface area (Å²) in [6.07, 6.45) is 0.997. The van der Waals surface area contributed by atoms with Gasteiger partial charge in [-0.25, -0.2) is 0 Å². The Hall–Kier alpha value is -2.22. The zero-order chi connectivity index (χ0) is 14.9. The van der Waals surface area contributed by atoms with E-state index in [9.17, 15) is 19.7 Å². The van der Waals surface area contributed by atoms with E-state index in [1.54, 1.807) is 6.07 Å². The first-order chi connectivity index (χ1) is 9.41. The van der Waals surface area contributed by atoms with Crippen molar-refractivity contribution in [3.63, 3.8) is 0 Å². The van der Waals surface area contributed by atoms with Gasteiger partial charge in [0, 0.05) is 23.2 Å². The lowest BCUT2D eigenvalue weighted by molar-refractivity contribution is -0.383. The monoisotopic (exact) mass is 340 g/mol. The van der Waals surface area contributed by atoms with E-state index in [1.165, 1.54) is 18.3 Å². The molecule has 0 fully saturated rings. The number of fused-ring (bicyclic) bond motifs is 1. The number of aliphatic carboxylic acids is 1. The fourth-order valence-corrected chi connectivity index (χ4v) is 2.43. The quantitative estimate of drug-likeness (QED) is 0.375. The molecular weight excluding hydrogens is 332 g/mol. The molecule has 2 rings (SSSR count). The summed E-state index contributed by atoms with van der Waals surface area (Å²) in [4.78, 5) is 34.9. The number of carbonyl (C=O) groups is 2. The normalized spacial score (nSPS) is 12.2. The molecule has 0 amide bonds. The van der Waals surface area contributed by atoms with Gasteiger partial charge in [-0.15, -0.1) is 0 Å². The average molecular weight is 341 g/mol. The van der Waals surface area contributed by atoms with Crippen LogP contribution < -0.4 is 0 Å². The van der Waals surface area contributed by atoms with Crippen LogP contribution in [-0.4, -0.2) is 31.6 Å². The Morgan fingerprint density at radius 1 is 1.45 bits per heavy atom. The van der Waals surface area contributed by atoms with Crippen LogP contribution in [0.25, 0.3) is 10.9 Å². The highest BCUT2D eigenvalue weighted by molar-refractivity contribution is 9.10. The molecule has 0 radical (unpaired) electrons. The van der Waals surface area contributed by atoms with Gasteiger partial charge in [0.15, 0.2) is 5.78 Å². The standard InChI is InChI=1S/C12H9BrN2O5/c13-8(4-10(16)17)12(18)7-5-14-11-6(7)2-1-3-9(11)15(19)20/h1-3,5,8,14H,4H2,(H,16,17). The smallest absolute Gasteiger partial charge is 0.304 e. The molecule has 0 aliphatic carbocycles. The molecule has 1 atom stereocenters. The number of hydrogen-bond acceptors (Lipinski definition) is 4. The van der Waals surface area contributed by atoms with Crippen molar-refractivity contribution in [1.82, 2.24) is 4.98 Å². The number of rotatable bonds is 5. The molecule has 1 aromatic carbocycles. The number of benzene rings is 1. The number of carbonyl (C=O) groups excluding carboxylic acids is 1. The van der Waals surface area contributed by atoms with Crippen LogP contribution in [0.4, 0.5) is 5.69 Å². The molecule has 0 bridgehead atoms. The third-order valence-corrected chi connectivity index (χ3v) is 3.53. The van der Waals surface area contributed by atoms with E-state index in [0.717, 1.165) is 0 Å². The Morgan fingerprint density at radius 2 is 2.15 bits per heavy atom. The Bertz CT molecular complexity index is 709. The van der Waals surface area contributed by atoms with E-state index in [1.807, 2.05) is 0 Å². The maximum atomic E-state index is 12.1. The van der Waals surface area contributed by atoms with Crippen LogP contribution in [0.2, 0.25) is 0 Å². The van der Waals surface area contributed by atoms with Gasteiger partial charge in [0.25, 0.3) is 5.69 Å². The fraction of sp³-hybridized carbons (Fsp3) is 0.167. The Kier molecular flexibility index (Phi) is 3.84. The van der Waals surface area contributed by atoms with Crippen LogP contribution in [0.1, 0.15) is 16.8 Å². The number of aromatic amines is 1. The van der Waals surface area contributed by atoms with Gasteiger partial charge in [-0.2, -0.15) is 0 Å². The molecule has 2 aromatic rings. The molecule has 1 heterocycles. The number of nitrogens with one attached hydrogen (secondary N) is 1. The van der Waals surface area contributed by atoms with Gasteiger partial charge >= 0.3 is 5.97 Å². The number of para-hydroxylation sites is 1. The number of alkyl halides is 1. The second kappa shape index (κ2) is 5.41. The number of hydrogen-bond donors (Lipinski definition) is 2. The lowest BCUT2D eigenvalue weighted by Crippen LogP contribution is -2.17. The van der Waals surface area contributed by atoms with E-state index < -0.39 is 21.5 Å². The van der Waals surface area contributed by atoms with Crippen molar-refractivity contribution < 1.29 is 19.6 Å². The van der Waals surface area contributed by atoms with E-state index in [4.69, 9.17) is 5.11 Å². The highest BCUT2D eigenvalue weighted by Crippen LogP contribution is 2.28. The van der Waals surface area contributed by atoms with Crippen molar-refractivity contribution in [2.45, 2.75) is 11.2 Å². The second-order valence-corrected chi connectivity index (χ2v) is 5.19. The SMILES string of the molecule is O=C(O)CC(Br)C(=O)c1c[nH]c2c([N+](=O)[O-])cccc12. The molecule has 0 spiro atoms. The summed E-state index contributed by atoms with van der Waals surface area (Å²) in [5.74, 6) is -1.54. The molecule has 20 heavy (non-hydrogen) atoms. The van der Waals surface area contributed by atoms with Crippen LogP contribution in [0.3, 0.4) is 0 Å². The van der Waals surface area contributed by atoms with E-state index in [0.29, 0.717) is 5.39 Å². The highest BCUT2D eigenvalue weighted by atomic mass is 79.9. The van der Waals surface area contributed by atoms with Crippen molar-refractivity contribution >= 4 is 44.3 Å². The molecule has 1 unspecified atom stereocenters. The van der Waals surface area contributed by atoms with Crippen molar-refractivity contribution in [3.8, 4) is 0 Å². The number of H-pyrrole nitrogens is 1. The van der Waals surface area contributed by atoms with Crippen LogP contribution in [-0.2, 0) is 4.79 Å². The van der Waals surface area contributed by atoms with Crippen LogP contribution in [0.15, 0.2) is 24.4 Å². The van der Waals surface area contributed by atoms with Crippen LogP contribution in [0, 0.1) is 10.1 Å². The summed E-state index contributed by atoms with van der Waals surface area (Å²) in [5.41, 5.74) is 0.341. The third kappa shape index (κ3) is 2.55. The Morgan fingerprint density at radius 3 is 2.75 bits per heavy atom. The number of ketones is 1. The number of carboxylic acids is 1. The van der Waals surface area contributed by atoms with E-state index >= 15 is 0 Å². The Labute approximate surface area is 120 Å². The number of halogens is 1. The number of nitrogens with zero attached hydrogens (tertiary/aromatic N) is 1. The van der Waals surface area contributed by atoms with Gasteiger partial charge in [-0.05, 0) is 0 Å². The molecule has 2 N–H and O–H groups in total. The summed E-state index contributed by atoms with van der Waals surface area (Å²) in [7, 11) is 0. The molecule has 0 saturated carbocycles. The largest absolute Gasteiger partial charge is 0.481 e. The molecule has 8 heteroatoms. The zero-order valence-electron chi connectivity index (χ0n) is 10.00. The first-order valence-corrected chi connectivity index (χ1v) is 6.48. The first-order valence-electron chi connectivity index (χ1n) is 5.56. The van der Waals surface area contributed by atoms with Gasteiger partial charge in [0.2, 0.25) is 0 Å². The van der Waals surface area contributed by atoms with Gasteiger partial charge in [-0.3, -0.25) is 19.7 Å². The lowest BCUT2D eigenvalue weighted by Gasteiger charge is -2.04. The number of nitro groups is 1. The minimum Gasteiger partial charge on any atom is -0.481 e. The zero-order valence-corrected chi connectivity index (χ0v) is 11.6. The number of carboxylic acid groups (broad SMARTS) is 1. The number of aromatic nitrogens is 1. The van der Waals surface area contributed by atoms with Gasteiger partial charge in [0.1, 0.15) is 5.52 Å². The maximum absolute atomic E-state index is 12.1. The maximum Gasteiger partial charge on any atom is 0.304 e. The number of Topliss-reactive ketones (excluding diaryl/α,β-unsaturated/α-hetero) is 1. The molecule has 0 aliphatic rings. The molecule has 1 aromatic heterocycles. The van der Waals surface area contributed by atoms with E-state index in [-0.39, 0.29) is 23.2 Å². The summed E-state index contributed by atoms with van der Waals surface area (Å²) >= 11 is 3.02. The minimum atomic E-state index is -1.11. The lowest BCUT2D eigenvalue weighted by atomic mass is 10.1. The summed E-state index contributed by atoms with van der Waals surface area (Å²) in [6.45, 7) is 0. The number of nitro benzene ring substituents is 1. The molecular formula is C12H9BrN2O5. The summed E-state index contributed by atoms with van der Waals surface area (Å²) in [6, 6.07) is 4.38. The third-order valence-electron chi connectivity index (χ3n) is 2.79. The molecule has 104 valence electrons. The molecule has 0 aliphatic heterocycles. The van der Waals surface area contributed by atoms with Crippen molar-refractivity contribution in [1.29, 1.82) is 0 Å².